The summed E-state index contributed by atoms with van der Waals surface area (Å²) in [7, 11) is 0. The molecule has 0 radical (unpaired) electrons. The molecule has 2 aromatic rings. The minimum atomic E-state index is 0.307. The van der Waals surface area contributed by atoms with Crippen molar-refractivity contribution in [2.24, 2.45) is 0 Å². The average Bonchev–Trinajstić information content (AvgIpc) is 2.57. The third-order valence-electron chi connectivity index (χ3n) is 2.62. The van der Waals surface area contributed by atoms with Crippen LogP contribution in [0.5, 0.6) is 0 Å². The first-order valence-corrected chi connectivity index (χ1v) is 4.89. The van der Waals surface area contributed by atoms with Gasteiger partial charge in [-0.2, -0.15) is 10.4 Å². The van der Waals surface area contributed by atoms with Gasteiger partial charge in [-0.25, -0.2) is 14.6 Å². The van der Waals surface area contributed by atoms with Gasteiger partial charge < -0.3 is 0 Å². The lowest BCUT2D eigenvalue weighted by atomic mass is 10.2. The van der Waals surface area contributed by atoms with Crippen LogP contribution in [0, 0.1) is 32.1 Å². The van der Waals surface area contributed by atoms with Crippen LogP contribution in [0.2, 0.25) is 0 Å². The molecule has 0 bridgehead atoms. The summed E-state index contributed by atoms with van der Waals surface area (Å²) in [5.74, 6) is 0.632. The fraction of sp³-hybridized carbons (Fsp3) is 0.273. The molecule has 16 heavy (non-hydrogen) atoms. The van der Waals surface area contributed by atoms with E-state index in [4.69, 9.17) is 5.26 Å². The number of hydrogen-bond acceptors (Lipinski definition) is 4. The van der Waals surface area contributed by atoms with Crippen molar-refractivity contribution in [2.75, 3.05) is 0 Å². The molecule has 2 aromatic heterocycles. The Hall–Kier alpha value is -2.22. The molecule has 0 aliphatic rings. The van der Waals surface area contributed by atoms with E-state index in [9.17, 15) is 0 Å². The smallest absolute Gasteiger partial charge is 0.172 e. The lowest BCUT2D eigenvalue weighted by Gasteiger charge is -2.02. The molecule has 0 aliphatic heterocycles. The highest BCUT2D eigenvalue weighted by atomic mass is 15.3. The Kier molecular flexibility index (Phi) is 2.41. The van der Waals surface area contributed by atoms with Crippen molar-refractivity contribution < 1.29 is 0 Å². The second-order valence-electron chi connectivity index (χ2n) is 3.58. The molecule has 0 saturated heterocycles. The Morgan fingerprint density at radius 1 is 1.19 bits per heavy atom. The van der Waals surface area contributed by atoms with Crippen molar-refractivity contribution in [3.8, 4) is 11.9 Å². The van der Waals surface area contributed by atoms with E-state index in [2.05, 4.69) is 15.1 Å². The predicted octanol–water partition coefficient (Wildman–Crippen LogP) is 1.46. The first-order chi connectivity index (χ1) is 7.63. The van der Waals surface area contributed by atoms with E-state index in [1.807, 2.05) is 26.8 Å². The maximum absolute atomic E-state index is 8.63. The van der Waals surface area contributed by atoms with E-state index in [1.54, 1.807) is 10.9 Å². The van der Waals surface area contributed by atoms with E-state index < -0.39 is 0 Å². The van der Waals surface area contributed by atoms with Crippen molar-refractivity contribution in [1.29, 1.82) is 5.26 Å². The zero-order valence-corrected chi connectivity index (χ0v) is 9.39. The molecule has 0 fully saturated rings. The van der Waals surface area contributed by atoms with Crippen LogP contribution in [-0.4, -0.2) is 19.7 Å². The van der Waals surface area contributed by atoms with E-state index >= 15 is 0 Å². The quantitative estimate of drug-likeness (QED) is 0.719. The zero-order valence-electron chi connectivity index (χ0n) is 9.39. The van der Waals surface area contributed by atoms with Gasteiger partial charge in [-0.15, -0.1) is 0 Å². The van der Waals surface area contributed by atoms with Gasteiger partial charge in [0.15, 0.2) is 11.5 Å². The van der Waals surface area contributed by atoms with Gasteiger partial charge in [0, 0.05) is 5.69 Å². The molecule has 80 valence electrons. The molecule has 5 heteroatoms. The topological polar surface area (TPSA) is 67.4 Å². The second-order valence-corrected chi connectivity index (χ2v) is 3.58. The Labute approximate surface area is 93.4 Å². The molecule has 0 unspecified atom stereocenters. The molecule has 0 spiro atoms. The second kappa shape index (κ2) is 3.74. The molecule has 0 atom stereocenters. The first kappa shape index (κ1) is 10.3. The molecule has 0 N–H and O–H groups in total. The molecular formula is C11H11N5. The minimum Gasteiger partial charge on any atom is -0.240 e. The normalized spacial score (nSPS) is 10.1. The highest BCUT2D eigenvalue weighted by Crippen LogP contribution is 2.14. The van der Waals surface area contributed by atoms with Gasteiger partial charge in [0.1, 0.15) is 6.07 Å². The van der Waals surface area contributed by atoms with Gasteiger partial charge in [0.2, 0.25) is 0 Å². The Balaban J connectivity index is 2.51. The molecular weight excluding hydrogens is 202 g/mol. The summed E-state index contributed by atoms with van der Waals surface area (Å²) >= 11 is 0. The molecule has 0 aromatic carbocycles. The minimum absolute atomic E-state index is 0.307. The number of rotatable bonds is 1. The van der Waals surface area contributed by atoms with Crippen LogP contribution in [0.4, 0.5) is 0 Å². The highest BCUT2D eigenvalue weighted by Gasteiger charge is 2.09. The Morgan fingerprint density at radius 3 is 2.38 bits per heavy atom. The number of nitrogens with zero attached hydrogens (tertiary/aromatic N) is 5. The van der Waals surface area contributed by atoms with Crippen LogP contribution >= 0.6 is 0 Å². The van der Waals surface area contributed by atoms with Crippen molar-refractivity contribution >= 4 is 0 Å². The molecule has 5 nitrogen and oxygen atoms in total. The van der Waals surface area contributed by atoms with Crippen LogP contribution in [0.1, 0.15) is 22.6 Å². The lowest BCUT2D eigenvalue weighted by Crippen LogP contribution is -2.03. The molecule has 0 saturated carbocycles. The summed E-state index contributed by atoms with van der Waals surface area (Å²) in [6.45, 7) is 5.95. The first-order valence-electron chi connectivity index (χ1n) is 4.89. The Bertz CT molecular complexity index is 559. The highest BCUT2D eigenvalue weighted by molar-refractivity contribution is 5.31. The van der Waals surface area contributed by atoms with Gasteiger partial charge >= 0.3 is 0 Å². The number of aryl methyl sites for hydroxylation is 1. The maximum atomic E-state index is 8.63. The summed E-state index contributed by atoms with van der Waals surface area (Å²) in [5, 5.41) is 13.0. The summed E-state index contributed by atoms with van der Waals surface area (Å²) in [5.41, 5.74) is 3.47. The van der Waals surface area contributed by atoms with Gasteiger partial charge in [0.05, 0.1) is 18.1 Å². The van der Waals surface area contributed by atoms with Crippen LogP contribution < -0.4 is 0 Å². The lowest BCUT2D eigenvalue weighted by molar-refractivity contribution is 0.797. The Morgan fingerprint density at radius 2 is 1.94 bits per heavy atom. The molecule has 2 heterocycles. The van der Waals surface area contributed by atoms with Crippen molar-refractivity contribution in [3.63, 3.8) is 0 Å². The predicted molar refractivity (Wildman–Crippen MR) is 58.1 cm³/mol. The van der Waals surface area contributed by atoms with Gasteiger partial charge in [-0.1, -0.05) is 0 Å². The van der Waals surface area contributed by atoms with Crippen molar-refractivity contribution in [2.45, 2.75) is 20.8 Å². The monoisotopic (exact) mass is 213 g/mol. The fourth-order valence-corrected chi connectivity index (χ4v) is 1.43. The van der Waals surface area contributed by atoms with Crippen LogP contribution in [0.15, 0.2) is 12.4 Å². The average molecular weight is 213 g/mol. The summed E-state index contributed by atoms with van der Waals surface area (Å²) in [6.07, 6.45) is 3.00. The fourth-order valence-electron chi connectivity index (χ4n) is 1.43. The molecule has 0 amide bonds. The summed E-state index contributed by atoms with van der Waals surface area (Å²) < 4.78 is 1.73. The van der Waals surface area contributed by atoms with Crippen molar-refractivity contribution in [1.82, 2.24) is 19.7 Å². The van der Waals surface area contributed by atoms with E-state index in [0.717, 1.165) is 17.0 Å². The zero-order chi connectivity index (χ0) is 11.7. The van der Waals surface area contributed by atoms with E-state index in [-0.39, 0.29) is 0 Å². The van der Waals surface area contributed by atoms with Crippen LogP contribution in [0.25, 0.3) is 5.82 Å². The summed E-state index contributed by atoms with van der Waals surface area (Å²) in [4.78, 5) is 8.12. The van der Waals surface area contributed by atoms with Gasteiger partial charge in [-0.3, -0.25) is 0 Å². The maximum Gasteiger partial charge on any atom is 0.172 e. The standard InChI is InChI=1S/C11H11N5/c1-7-8(2)15-16(9(7)3)11-6-13-10(4-12)5-14-11/h5-6H,1-3H3. The summed E-state index contributed by atoms with van der Waals surface area (Å²) in [6, 6.07) is 1.93. The largest absolute Gasteiger partial charge is 0.240 e. The third-order valence-corrected chi connectivity index (χ3v) is 2.62. The number of nitriles is 1. The SMILES string of the molecule is Cc1nn(-c2cnc(C#N)cn2)c(C)c1C. The van der Waals surface area contributed by atoms with Gasteiger partial charge in [0.25, 0.3) is 0 Å². The number of hydrogen-bond donors (Lipinski definition) is 0. The number of aromatic nitrogens is 4. The van der Waals surface area contributed by atoms with E-state index in [0.29, 0.717) is 11.5 Å². The third kappa shape index (κ3) is 1.54. The van der Waals surface area contributed by atoms with E-state index in [1.165, 1.54) is 6.20 Å². The van der Waals surface area contributed by atoms with Crippen LogP contribution in [-0.2, 0) is 0 Å². The van der Waals surface area contributed by atoms with Gasteiger partial charge in [-0.05, 0) is 26.3 Å². The van der Waals surface area contributed by atoms with Crippen LogP contribution in [0.3, 0.4) is 0 Å². The molecule has 2 rings (SSSR count). The van der Waals surface area contributed by atoms with Crippen molar-refractivity contribution in [3.05, 3.63) is 35.0 Å². The molecule has 0 aliphatic carbocycles.